The van der Waals surface area contributed by atoms with Gasteiger partial charge in [0.15, 0.2) is 0 Å². The van der Waals surface area contributed by atoms with Crippen LogP contribution < -0.4 is 0 Å². The Balaban J connectivity index is 1.37. The molecule has 2 aromatic heterocycles. The second-order valence-corrected chi connectivity index (χ2v) is 20.0. The van der Waals surface area contributed by atoms with E-state index in [0.29, 0.717) is 33.7 Å². The number of benzene rings is 6. The third-order valence-electron chi connectivity index (χ3n) is 12.0. The molecule has 0 bridgehead atoms. The van der Waals surface area contributed by atoms with E-state index in [-0.39, 0.29) is 33.1 Å². The molecule has 0 unspecified atom stereocenters. The Bertz CT molecular complexity index is 3190. The fraction of sp³-hybridized carbons (Fsp3) is 0.276. The van der Waals surface area contributed by atoms with Crippen LogP contribution in [0.1, 0.15) is 109 Å². The van der Waals surface area contributed by atoms with Gasteiger partial charge in [0.1, 0.15) is 11.6 Å². The Kier molecular flexibility index (Phi) is 8.88. The number of para-hydroxylation sites is 1. The molecule has 4 heteroatoms. The summed E-state index contributed by atoms with van der Waals surface area (Å²) in [5.74, 6) is 0.497. The van der Waals surface area contributed by atoms with E-state index >= 15 is 0 Å². The first-order valence-corrected chi connectivity index (χ1v) is 21.4. The Morgan fingerprint density at radius 2 is 1.15 bits per heavy atom. The third-order valence-corrected chi connectivity index (χ3v) is 12.0. The van der Waals surface area contributed by atoms with Crippen molar-refractivity contribution in [3.8, 4) is 67.5 Å². The topological polar surface area (TPSA) is 50.9 Å². The van der Waals surface area contributed by atoms with Crippen molar-refractivity contribution in [3.63, 3.8) is 0 Å². The molecule has 314 valence electrons. The van der Waals surface area contributed by atoms with Gasteiger partial charge in [-0.3, -0.25) is 9.55 Å². The average Bonchev–Trinajstić information content (AvgIpc) is 3.65. The molecule has 0 aliphatic heterocycles. The van der Waals surface area contributed by atoms with Crippen LogP contribution in [0.4, 0.5) is 0 Å². The number of rotatable bonds is 6. The van der Waals surface area contributed by atoms with Crippen LogP contribution >= 0.6 is 0 Å². The smallest absolute Gasteiger partial charge is 0.149 e. The maximum absolute atomic E-state index is 11.8. The maximum Gasteiger partial charge on any atom is 0.149 e. The van der Waals surface area contributed by atoms with Gasteiger partial charge in [0.05, 0.1) is 28.0 Å². The Morgan fingerprint density at radius 1 is 0.516 bits per heavy atom. The maximum atomic E-state index is 11.8. The first kappa shape index (κ1) is 35.3. The summed E-state index contributed by atoms with van der Waals surface area (Å²) in [6, 6.07) is 39.5. The van der Waals surface area contributed by atoms with Gasteiger partial charge in [-0.1, -0.05) is 141 Å². The number of phenols is 1. The highest BCUT2D eigenvalue weighted by Crippen LogP contribution is 2.42. The summed E-state index contributed by atoms with van der Waals surface area (Å²) >= 11 is 0. The second kappa shape index (κ2) is 15.6. The molecule has 0 fully saturated rings. The fourth-order valence-corrected chi connectivity index (χ4v) is 8.25. The van der Waals surface area contributed by atoms with Gasteiger partial charge in [0.25, 0.3) is 0 Å². The van der Waals surface area contributed by atoms with Gasteiger partial charge in [-0.15, -0.1) is 0 Å². The van der Waals surface area contributed by atoms with Crippen LogP contribution in [0, 0.1) is 27.6 Å². The molecule has 8 aromatic rings. The van der Waals surface area contributed by atoms with Crippen LogP contribution in [-0.2, 0) is 16.2 Å². The predicted molar refractivity (Wildman–Crippen MR) is 263 cm³/mol. The lowest BCUT2D eigenvalue weighted by Crippen LogP contribution is -2.16. The number of aromatic hydroxyl groups is 1. The molecular weight excluding hydrogens is 755 g/mol. The zero-order chi connectivity index (χ0) is 49.5. The summed E-state index contributed by atoms with van der Waals surface area (Å²) in [5.41, 5.74) is 14.1. The van der Waals surface area contributed by atoms with Gasteiger partial charge in [-0.25, -0.2) is 4.98 Å². The van der Waals surface area contributed by atoms with Gasteiger partial charge >= 0.3 is 0 Å². The lowest BCUT2D eigenvalue weighted by molar-refractivity contribution is 0.472. The van der Waals surface area contributed by atoms with E-state index < -0.39 is 13.7 Å². The first-order valence-electron chi connectivity index (χ1n) is 24.4. The van der Waals surface area contributed by atoms with Crippen molar-refractivity contribution in [2.75, 3.05) is 0 Å². The van der Waals surface area contributed by atoms with Crippen molar-refractivity contribution in [1.82, 2.24) is 14.5 Å². The predicted octanol–water partition coefficient (Wildman–Crippen LogP) is 15.6. The van der Waals surface area contributed by atoms with E-state index in [1.54, 1.807) is 24.4 Å². The highest BCUT2D eigenvalue weighted by Gasteiger charge is 2.25. The summed E-state index contributed by atoms with van der Waals surface area (Å²) in [4.78, 5) is 10.2. The molecule has 0 spiro atoms. The molecule has 0 amide bonds. The number of phenolic OH excluding ortho intramolecular Hbond substituents is 1. The Hall–Kier alpha value is -6.26. The number of aromatic nitrogens is 3. The van der Waals surface area contributed by atoms with Crippen molar-refractivity contribution in [2.45, 2.75) is 106 Å². The number of hydrogen-bond acceptors (Lipinski definition) is 3. The summed E-state index contributed by atoms with van der Waals surface area (Å²) in [6.45, 7) is 18.8. The zero-order valence-electron chi connectivity index (χ0n) is 43.9. The summed E-state index contributed by atoms with van der Waals surface area (Å²) in [5, 5.41) is 11.8. The number of nitrogens with zero attached hydrogens (tertiary/aromatic N) is 3. The van der Waals surface area contributed by atoms with Gasteiger partial charge in [-0.2, -0.15) is 0 Å². The molecule has 0 saturated carbocycles. The minimum absolute atomic E-state index is 0.0745. The molecule has 0 aliphatic rings. The first-order chi connectivity index (χ1) is 31.6. The van der Waals surface area contributed by atoms with Crippen molar-refractivity contribution in [2.24, 2.45) is 0 Å². The minimum atomic E-state index is -2.52. The fourth-order valence-electron chi connectivity index (χ4n) is 8.25. The second-order valence-electron chi connectivity index (χ2n) is 20.0. The number of fused-ring (bicyclic) bond motifs is 1. The van der Waals surface area contributed by atoms with Crippen LogP contribution in [0.5, 0.6) is 5.75 Å². The Morgan fingerprint density at radius 3 is 1.81 bits per heavy atom. The van der Waals surface area contributed by atoms with Crippen LogP contribution in [0.15, 0.2) is 128 Å². The van der Waals surface area contributed by atoms with E-state index in [0.717, 1.165) is 55.8 Å². The summed E-state index contributed by atoms with van der Waals surface area (Å²) in [6.07, 6.45) is 1.77. The quantitative estimate of drug-likeness (QED) is 0.182. The van der Waals surface area contributed by atoms with E-state index in [9.17, 15) is 5.11 Å². The molecule has 6 aromatic carbocycles. The van der Waals surface area contributed by atoms with Crippen molar-refractivity contribution >= 4 is 11.0 Å². The van der Waals surface area contributed by atoms with Crippen molar-refractivity contribution in [1.29, 1.82) is 0 Å². The highest BCUT2D eigenvalue weighted by atomic mass is 16.3. The van der Waals surface area contributed by atoms with E-state index in [4.69, 9.17) is 18.2 Å². The molecule has 0 atom stereocenters. The van der Waals surface area contributed by atoms with Crippen molar-refractivity contribution in [3.05, 3.63) is 166 Å². The molecule has 8 rings (SSSR count). The molecule has 62 heavy (non-hydrogen) atoms. The molecule has 4 nitrogen and oxygen atoms in total. The lowest BCUT2D eigenvalue weighted by Gasteiger charge is -2.26. The van der Waals surface area contributed by atoms with E-state index in [2.05, 4.69) is 98.7 Å². The Labute approximate surface area is 377 Å². The number of pyridine rings is 1. The largest absolute Gasteiger partial charge is 0.507 e. The van der Waals surface area contributed by atoms with Gasteiger partial charge in [-0.05, 0) is 154 Å². The van der Waals surface area contributed by atoms with E-state index in [1.165, 1.54) is 11.1 Å². The highest BCUT2D eigenvalue weighted by molar-refractivity contribution is 5.97. The van der Waals surface area contributed by atoms with Crippen LogP contribution in [-0.4, -0.2) is 19.6 Å². The monoisotopic (exact) mass is 822 g/mol. The zero-order valence-corrected chi connectivity index (χ0v) is 37.9. The summed E-state index contributed by atoms with van der Waals surface area (Å²) in [7, 11) is 0. The number of aryl methyl sites for hydroxylation is 4. The van der Waals surface area contributed by atoms with Crippen LogP contribution in [0.3, 0.4) is 0 Å². The van der Waals surface area contributed by atoms with E-state index in [1.807, 2.05) is 85.1 Å². The average molecular weight is 822 g/mol. The standard InChI is InChI=1S/C58H61N3O/c1-35-17-19-39(20-18-35)41-23-24-59-50(33-41)44-28-43(31-45(32-44)56(5,6)7)48-15-14-16-52-53(48)60-55(49-26-36(2)25-38(4)54(49)62)61(52)51-22-21-40(27-37(51)3)42-29-46(57(8,9)10)34-47(30-42)58(11,12)13/h14-34,62H,1-13H3/i1D3,3D3. The third kappa shape index (κ3) is 8.23. The molecule has 0 saturated heterocycles. The van der Waals surface area contributed by atoms with Crippen LogP contribution in [0.2, 0.25) is 0 Å². The SMILES string of the molecule is [2H]C([2H])([2H])c1ccc(-c2ccnc(-c3cc(-c4cccc5c4nc(-c4cc(C)cc(C)c4O)n5-c4ccc(-c5cc(C(C)(C)C)cc(C(C)(C)C)c5)cc4C([2H])([2H])[2H])cc(C(C)(C)C)c3)c2)cc1. The van der Waals surface area contributed by atoms with Gasteiger partial charge in [0.2, 0.25) is 0 Å². The van der Waals surface area contributed by atoms with Crippen molar-refractivity contribution < 1.29 is 13.3 Å². The minimum Gasteiger partial charge on any atom is -0.507 e. The normalized spacial score (nSPS) is 14.2. The molecule has 0 aliphatic carbocycles. The van der Waals surface area contributed by atoms with Gasteiger partial charge < -0.3 is 5.11 Å². The number of imidazole rings is 1. The van der Waals surface area contributed by atoms with Crippen LogP contribution in [0.25, 0.3) is 72.7 Å². The molecular formula is C58H61N3O. The van der Waals surface area contributed by atoms with Gasteiger partial charge in [0, 0.05) is 25.5 Å². The molecule has 0 radical (unpaired) electrons. The number of hydrogen-bond donors (Lipinski definition) is 1. The summed E-state index contributed by atoms with van der Waals surface area (Å²) < 4.78 is 52.5. The molecule has 2 heterocycles. The molecule has 1 N–H and O–H groups in total. The lowest BCUT2D eigenvalue weighted by atomic mass is 9.79.